The Labute approximate surface area is 141 Å². The van der Waals surface area contributed by atoms with Crippen molar-refractivity contribution < 1.29 is 17.5 Å². The summed E-state index contributed by atoms with van der Waals surface area (Å²) in [4.78, 5) is 0. The van der Waals surface area contributed by atoms with Gasteiger partial charge in [0.1, 0.15) is 5.82 Å². The van der Waals surface area contributed by atoms with Gasteiger partial charge in [0.25, 0.3) is 0 Å². The summed E-state index contributed by atoms with van der Waals surface area (Å²) in [7, 11) is -3.53. The molecule has 24 heavy (non-hydrogen) atoms. The summed E-state index contributed by atoms with van der Waals surface area (Å²) in [6.07, 6.45) is 1.19. The molecule has 1 unspecified atom stereocenters. The average Bonchev–Trinajstić information content (AvgIpc) is 2.62. The van der Waals surface area contributed by atoms with E-state index in [0.717, 1.165) is 11.1 Å². The number of halogens is 1. The van der Waals surface area contributed by atoms with Gasteiger partial charge in [0, 0.05) is 18.5 Å². The first-order valence-electron chi connectivity index (χ1n) is 7.65. The zero-order chi connectivity index (χ0) is 17.0. The first-order chi connectivity index (χ1) is 11.5. The predicted molar refractivity (Wildman–Crippen MR) is 91.1 cm³/mol. The highest BCUT2D eigenvalue weighted by molar-refractivity contribution is 7.92. The van der Waals surface area contributed by atoms with Gasteiger partial charge in [-0.1, -0.05) is 42.5 Å². The highest BCUT2D eigenvalue weighted by Crippen LogP contribution is 2.24. The van der Waals surface area contributed by atoms with E-state index in [4.69, 9.17) is 4.74 Å². The number of hydrogen-bond donors (Lipinski definition) is 0. The maximum absolute atomic E-state index is 13.0. The molecule has 0 saturated carbocycles. The molecule has 0 N–H and O–H groups in total. The fourth-order valence-corrected chi connectivity index (χ4v) is 3.72. The molecule has 0 aliphatic carbocycles. The van der Waals surface area contributed by atoms with Crippen LogP contribution in [0.4, 0.5) is 4.39 Å². The van der Waals surface area contributed by atoms with Gasteiger partial charge < -0.3 is 4.74 Å². The number of ether oxygens (including phenoxy) is 1. The van der Waals surface area contributed by atoms with E-state index in [1.807, 2.05) is 30.3 Å². The van der Waals surface area contributed by atoms with Crippen LogP contribution >= 0.6 is 0 Å². The van der Waals surface area contributed by atoms with E-state index < -0.39 is 10.0 Å². The van der Waals surface area contributed by atoms with E-state index >= 15 is 0 Å². The first kappa shape index (κ1) is 16.8. The molecule has 1 saturated heterocycles. The largest absolute Gasteiger partial charge is 0.371 e. The van der Waals surface area contributed by atoms with Crippen molar-refractivity contribution in [2.24, 2.45) is 0 Å². The third kappa shape index (κ3) is 4.08. The van der Waals surface area contributed by atoms with Crippen molar-refractivity contribution in [1.29, 1.82) is 0 Å². The normalized spacial score (nSPS) is 19.6. The van der Waals surface area contributed by atoms with Crippen LogP contribution < -0.4 is 0 Å². The maximum Gasteiger partial charge on any atom is 0.236 e. The molecule has 0 bridgehead atoms. The zero-order valence-corrected chi connectivity index (χ0v) is 13.8. The molecule has 0 spiro atoms. The van der Waals surface area contributed by atoms with Gasteiger partial charge in [-0.3, -0.25) is 0 Å². The van der Waals surface area contributed by atoms with Crippen molar-refractivity contribution in [3.8, 4) is 0 Å². The smallest absolute Gasteiger partial charge is 0.236 e. The van der Waals surface area contributed by atoms with Crippen LogP contribution in [0.25, 0.3) is 6.08 Å². The number of morpholine rings is 1. The molecule has 1 fully saturated rings. The second-order valence-corrected chi connectivity index (χ2v) is 7.35. The SMILES string of the molecule is O=S(=O)(/C=C/c1ccccc1)N1CCOC(c2ccc(F)cc2)C1. The van der Waals surface area contributed by atoms with Gasteiger partial charge in [-0.15, -0.1) is 0 Å². The minimum Gasteiger partial charge on any atom is -0.371 e. The van der Waals surface area contributed by atoms with Gasteiger partial charge in [-0.05, 0) is 29.3 Å². The monoisotopic (exact) mass is 347 g/mol. The second-order valence-electron chi connectivity index (χ2n) is 5.53. The summed E-state index contributed by atoms with van der Waals surface area (Å²) < 4.78 is 45.1. The lowest BCUT2D eigenvalue weighted by Gasteiger charge is -2.31. The Morgan fingerprint density at radius 1 is 1.08 bits per heavy atom. The van der Waals surface area contributed by atoms with E-state index in [1.54, 1.807) is 18.2 Å². The van der Waals surface area contributed by atoms with Gasteiger partial charge in [0.05, 0.1) is 12.7 Å². The molecule has 126 valence electrons. The quantitative estimate of drug-likeness (QED) is 0.853. The molecular formula is C18H18FNO3S. The van der Waals surface area contributed by atoms with E-state index in [1.165, 1.54) is 21.8 Å². The summed E-state index contributed by atoms with van der Waals surface area (Å²) in [6.45, 7) is 0.826. The Kier molecular flexibility index (Phi) is 5.08. The highest BCUT2D eigenvalue weighted by Gasteiger charge is 2.28. The molecule has 0 aromatic heterocycles. The summed E-state index contributed by atoms with van der Waals surface area (Å²) >= 11 is 0. The summed E-state index contributed by atoms with van der Waals surface area (Å²) in [5.41, 5.74) is 1.59. The number of hydrogen-bond acceptors (Lipinski definition) is 3. The molecule has 2 aromatic rings. The van der Waals surface area contributed by atoms with Gasteiger partial charge >= 0.3 is 0 Å². The summed E-state index contributed by atoms with van der Waals surface area (Å²) in [5.74, 6) is -0.329. The third-order valence-electron chi connectivity index (χ3n) is 3.86. The lowest BCUT2D eigenvalue weighted by atomic mass is 10.1. The van der Waals surface area contributed by atoms with Crippen LogP contribution in [0.3, 0.4) is 0 Å². The van der Waals surface area contributed by atoms with E-state index in [-0.39, 0.29) is 18.5 Å². The highest BCUT2D eigenvalue weighted by atomic mass is 32.2. The van der Waals surface area contributed by atoms with E-state index in [9.17, 15) is 12.8 Å². The first-order valence-corrected chi connectivity index (χ1v) is 9.15. The molecule has 4 nitrogen and oxygen atoms in total. The van der Waals surface area contributed by atoms with E-state index in [0.29, 0.717) is 13.2 Å². The molecular weight excluding hydrogens is 329 g/mol. The number of benzene rings is 2. The van der Waals surface area contributed by atoms with Gasteiger partial charge in [-0.2, -0.15) is 4.31 Å². The standard InChI is InChI=1S/C18H18FNO3S/c19-17-8-6-16(7-9-17)18-14-20(11-12-23-18)24(21,22)13-10-15-4-2-1-3-5-15/h1-10,13,18H,11-12,14H2/b13-10+. The molecule has 3 rings (SSSR count). The lowest BCUT2D eigenvalue weighted by Crippen LogP contribution is -2.41. The van der Waals surface area contributed by atoms with Crippen LogP contribution in [0, 0.1) is 5.82 Å². The molecule has 0 amide bonds. The van der Waals surface area contributed by atoms with Crippen LogP contribution in [-0.2, 0) is 14.8 Å². The Morgan fingerprint density at radius 2 is 1.79 bits per heavy atom. The fraction of sp³-hybridized carbons (Fsp3) is 0.222. The molecule has 1 atom stereocenters. The number of nitrogens with zero attached hydrogens (tertiary/aromatic N) is 1. The molecule has 1 aliphatic heterocycles. The van der Waals surface area contributed by atoms with Crippen LogP contribution in [0.1, 0.15) is 17.2 Å². The number of sulfonamides is 1. The third-order valence-corrected chi connectivity index (χ3v) is 5.39. The fourth-order valence-electron chi connectivity index (χ4n) is 2.55. The van der Waals surface area contributed by atoms with Gasteiger partial charge in [0.2, 0.25) is 10.0 Å². The Bertz CT molecular complexity index is 804. The van der Waals surface area contributed by atoms with Crippen molar-refractivity contribution >= 4 is 16.1 Å². The zero-order valence-electron chi connectivity index (χ0n) is 13.0. The van der Waals surface area contributed by atoms with Crippen molar-refractivity contribution in [2.75, 3.05) is 19.7 Å². The summed E-state index contributed by atoms with van der Waals surface area (Å²) in [5, 5.41) is 1.22. The van der Waals surface area contributed by atoms with Crippen LogP contribution in [0.15, 0.2) is 60.0 Å². The number of rotatable bonds is 4. The topological polar surface area (TPSA) is 46.6 Å². The van der Waals surface area contributed by atoms with Crippen molar-refractivity contribution in [3.05, 3.63) is 76.9 Å². The molecule has 6 heteroatoms. The minimum absolute atomic E-state index is 0.215. The molecule has 0 radical (unpaired) electrons. The van der Waals surface area contributed by atoms with Crippen molar-refractivity contribution in [3.63, 3.8) is 0 Å². The summed E-state index contributed by atoms with van der Waals surface area (Å²) in [6, 6.07) is 15.2. The average molecular weight is 347 g/mol. The maximum atomic E-state index is 13.0. The van der Waals surface area contributed by atoms with Crippen LogP contribution in [0.2, 0.25) is 0 Å². The van der Waals surface area contributed by atoms with Gasteiger partial charge in [0.15, 0.2) is 0 Å². The van der Waals surface area contributed by atoms with Crippen molar-refractivity contribution in [1.82, 2.24) is 4.31 Å². The van der Waals surface area contributed by atoms with E-state index in [2.05, 4.69) is 0 Å². The lowest BCUT2D eigenvalue weighted by molar-refractivity contribution is -0.00220. The Morgan fingerprint density at radius 3 is 2.50 bits per heavy atom. The second kappa shape index (κ2) is 7.25. The van der Waals surface area contributed by atoms with Crippen LogP contribution in [-0.4, -0.2) is 32.4 Å². The Hall–Kier alpha value is -2.02. The molecule has 2 aromatic carbocycles. The van der Waals surface area contributed by atoms with Crippen molar-refractivity contribution in [2.45, 2.75) is 6.10 Å². The Balaban J connectivity index is 1.73. The predicted octanol–water partition coefficient (Wildman–Crippen LogP) is 3.20. The molecule has 1 aliphatic rings. The minimum atomic E-state index is -3.53. The molecule has 1 heterocycles. The van der Waals surface area contributed by atoms with Gasteiger partial charge in [-0.25, -0.2) is 12.8 Å². The van der Waals surface area contributed by atoms with Crippen LogP contribution in [0.5, 0.6) is 0 Å².